The molecule has 0 aromatic heterocycles. The Kier molecular flexibility index (Phi) is 9.69. The van der Waals surface area contributed by atoms with Crippen molar-refractivity contribution in [2.45, 2.75) is 70.9 Å². The molecule has 0 spiro atoms. The minimum atomic E-state index is -1.42. The number of hydrogen-bond donors (Lipinski definition) is 1. The molecule has 0 aliphatic rings. The number of ether oxygens (including phenoxy) is 1. The molecule has 0 radical (unpaired) electrons. The van der Waals surface area contributed by atoms with Gasteiger partial charge in [0.05, 0.1) is 13.0 Å². The largest absolute Gasteiger partial charge is 0.494 e. The lowest BCUT2D eigenvalue weighted by Gasteiger charge is -2.19. The third-order valence-electron chi connectivity index (χ3n) is 5.30. The van der Waals surface area contributed by atoms with Gasteiger partial charge in [-0.1, -0.05) is 82.3 Å². The van der Waals surface area contributed by atoms with Crippen molar-refractivity contribution < 1.29 is 19.0 Å². The Morgan fingerprint density at radius 3 is 2.34 bits per heavy atom. The van der Waals surface area contributed by atoms with Crippen LogP contribution in [0.15, 0.2) is 48.5 Å². The van der Waals surface area contributed by atoms with Gasteiger partial charge in [-0.3, -0.25) is 4.79 Å². The van der Waals surface area contributed by atoms with E-state index in [-0.39, 0.29) is 0 Å². The Morgan fingerprint density at radius 2 is 1.66 bits per heavy atom. The van der Waals surface area contributed by atoms with Crippen molar-refractivity contribution in [3.8, 4) is 16.9 Å². The lowest BCUT2D eigenvalue weighted by molar-refractivity contribution is -0.138. The molecule has 0 amide bonds. The van der Waals surface area contributed by atoms with E-state index >= 15 is 0 Å². The highest BCUT2D eigenvalue weighted by Crippen LogP contribution is 2.33. The first-order valence-corrected chi connectivity index (χ1v) is 10.7. The van der Waals surface area contributed by atoms with Crippen LogP contribution < -0.4 is 4.74 Å². The van der Waals surface area contributed by atoms with E-state index in [1.165, 1.54) is 32.1 Å². The number of rotatable bonds is 13. The zero-order valence-electron chi connectivity index (χ0n) is 17.6. The zero-order valence-corrected chi connectivity index (χ0v) is 17.6. The summed E-state index contributed by atoms with van der Waals surface area (Å²) in [5, 5.41) is 8.89. The van der Waals surface area contributed by atoms with Crippen molar-refractivity contribution in [2.24, 2.45) is 0 Å². The molecule has 2 unspecified atom stereocenters. The fraction of sp³-hybridized carbons (Fsp3) is 0.480. The minimum Gasteiger partial charge on any atom is -0.494 e. The number of unbranched alkanes of at least 4 members (excludes halogenated alkanes) is 5. The number of carbonyl (C=O) groups is 1. The molecule has 0 aliphatic heterocycles. The van der Waals surface area contributed by atoms with E-state index < -0.39 is 24.5 Å². The number of carboxylic acid groups (broad SMARTS) is 1. The third-order valence-corrected chi connectivity index (χ3v) is 5.30. The average Bonchev–Trinajstić information content (AvgIpc) is 2.72. The summed E-state index contributed by atoms with van der Waals surface area (Å²) in [6.07, 6.45) is 5.49. The fourth-order valence-corrected chi connectivity index (χ4v) is 3.50. The van der Waals surface area contributed by atoms with E-state index in [0.717, 1.165) is 35.5 Å². The standard InChI is InChI=1S/C25H33FO3/c1-3-4-5-6-7-10-17-29-21-15-13-20(14-16-21)23-12-9-8-11-22(23)19(2)24(26)18-25(27)28/h8-9,11-16,19,24H,3-7,10,17-18H2,1-2H3,(H,27,28). The van der Waals surface area contributed by atoms with Gasteiger partial charge in [0, 0.05) is 5.92 Å². The van der Waals surface area contributed by atoms with Crippen LogP contribution in [0.25, 0.3) is 11.1 Å². The van der Waals surface area contributed by atoms with Crippen LogP contribution in [0, 0.1) is 0 Å². The maximum absolute atomic E-state index is 14.4. The van der Waals surface area contributed by atoms with Gasteiger partial charge in [-0.2, -0.15) is 0 Å². The topological polar surface area (TPSA) is 46.5 Å². The Labute approximate surface area is 173 Å². The molecule has 0 bridgehead atoms. The molecule has 3 nitrogen and oxygen atoms in total. The van der Waals surface area contributed by atoms with Crippen LogP contribution in [0.3, 0.4) is 0 Å². The molecule has 0 fully saturated rings. The van der Waals surface area contributed by atoms with Crippen LogP contribution >= 0.6 is 0 Å². The van der Waals surface area contributed by atoms with E-state index in [4.69, 9.17) is 9.84 Å². The van der Waals surface area contributed by atoms with Gasteiger partial charge in [0.25, 0.3) is 0 Å². The lowest BCUT2D eigenvalue weighted by atomic mass is 9.88. The van der Waals surface area contributed by atoms with Gasteiger partial charge < -0.3 is 9.84 Å². The molecule has 2 atom stereocenters. The number of aliphatic carboxylic acids is 1. The SMILES string of the molecule is CCCCCCCCOc1ccc(-c2ccccc2C(C)C(F)CC(=O)O)cc1. The first kappa shape index (κ1) is 22.9. The monoisotopic (exact) mass is 400 g/mol. The van der Waals surface area contributed by atoms with Gasteiger partial charge in [-0.15, -0.1) is 0 Å². The second-order valence-corrected chi connectivity index (χ2v) is 7.63. The maximum atomic E-state index is 14.4. The predicted molar refractivity (Wildman–Crippen MR) is 116 cm³/mol. The van der Waals surface area contributed by atoms with Crippen molar-refractivity contribution in [3.63, 3.8) is 0 Å². The third kappa shape index (κ3) is 7.52. The molecule has 2 rings (SSSR count). The molecular formula is C25H33FO3. The van der Waals surface area contributed by atoms with Gasteiger partial charge in [-0.05, 0) is 35.2 Å². The predicted octanol–water partition coefficient (Wildman–Crippen LogP) is 7.01. The molecule has 158 valence electrons. The fourth-order valence-electron chi connectivity index (χ4n) is 3.50. The summed E-state index contributed by atoms with van der Waals surface area (Å²) in [6, 6.07) is 15.4. The molecule has 0 heterocycles. The number of benzene rings is 2. The van der Waals surface area contributed by atoms with Gasteiger partial charge in [0.2, 0.25) is 0 Å². The smallest absolute Gasteiger partial charge is 0.306 e. The molecule has 0 saturated carbocycles. The molecule has 2 aromatic rings. The molecule has 1 N–H and O–H groups in total. The maximum Gasteiger partial charge on any atom is 0.306 e. The molecule has 2 aromatic carbocycles. The average molecular weight is 401 g/mol. The Bertz CT molecular complexity index is 742. The summed E-state index contributed by atoms with van der Waals surface area (Å²) < 4.78 is 20.2. The minimum absolute atomic E-state index is 0.485. The Balaban J connectivity index is 1.97. The number of carboxylic acids is 1. The Morgan fingerprint density at radius 1 is 1.00 bits per heavy atom. The molecule has 0 aliphatic carbocycles. The molecule has 0 saturated heterocycles. The summed E-state index contributed by atoms with van der Waals surface area (Å²) >= 11 is 0. The van der Waals surface area contributed by atoms with Crippen molar-refractivity contribution in [2.75, 3.05) is 6.61 Å². The normalized spacial score (nSPS) is 13.1. The molecule has 29 heavy (non-hydrogen) atoms. The summed E-state index contributed by atoms with van der Waals surface area (Å²) in [4.78, 5) is 10.9. The van der Waals surface area contributed by atoms with Gasteiger partial charge in [0.1, 0.15) is 11.9 Å². The zero-order chi connectivity index (χ0) is 21.1. The summed E-state index contributed by atoms with van der Waals surface area (Å²) in [5.41, 5.74) is 2.72. The number of halogens is 1. The molecular weight excluding hydrogens is 367 g/mol. The highest BCUT2D eigenvalue weighted by atomic mass is 19.1. The van der Waals surface area contributed by atoms with E-state index in [0.29, 0.717) is 0 Å². The van der Waals surface area contributed by atoms with Crippen LogP contribution in [-0.2, 0) is 4.79 Å². The van der Waals surface area contributed by atoms with Crippen molar-refractivity contribution in [1.29, 1.82) is 0 Å². The second-order valence-electron chi connectivity index (χ2n) is 7.63. The first-order valence-electron chi connectivity index (χ1n) is 10.7. The van der Waals surface area contributed by atoms with Crippen LogP contribution in [0.1, 0.15) is 70.3 Å². The second kappa shape index (κ2) is 12.3. The van der Waals surface area contributed by atoms with Crippen LogP contribution in [0.2, 0.25) is 0 Å². The van der Waals surface area contributed by atoms with E-state index in [2.05, 4.69) is 6.92 Å². The lowest BCUT2D eigenvalue weighted by Crippen LogP contribution is -2.16. The summed E-state index contributed by atoms with van der Waals surface area (Å²) in [5.74, 6) is -0.776. The Hall–Kier alpha value is -2.36. The van der Waals surface area contributed by atoms with Gasteiger partial charge in [-0.25, -0.2) is 4.39 Å². The highest BCUT2D eigenvalue weighted by molar-refractivity contribution is 5.70. The molecule has 4 heteroatoms. The summed E-state index contributed by atoms with van der Waals surface area (Å²) in [7, 11) is 0. The highest BCUT2D eigenvalue weighted by Gasteiger charge is 2.23. The van der Waals surface area contributed by atoms with Crippen molar-refractivity contribution >= 4 is 5.97 Å². The van der Waals surface area contributed by atoms with Crippen LogP contribution in [0.5, 0.6) is 5.75 Å². The van der Waals surface area contributed by atoms with Gasteiger partial charge in [0.15, 0.2) is 0 Å². The van der Waals surface area contributed by atoms with Crippen molar-refractivity contribution in [1.82, 2.24) is 0 Å². The number of alkyl halides is 1. The van der Waals surface area contributed by atoms with E-state index in [1.54, 1.807) is 6.92 Å². The van der Waals surface area contributed by atoms with E-state index in [1.807, 2.05) is 48.5 Å². The van der Waals surface area contributed by atoms with Crippen LogP contribution in [0.4, 0.5) is 4.39 Å². The first-order chi connectivity index (χ1) is 14.0. The summed E-state index contributed by atoms with van der Waals surface area (Å²) in [6.45, 7) is 4.68. The number of hydrogen-bond acceptors (Lipinski definition) is 2. The quantitative estimate of drug-likeness (QED) is 0.368. The van der Waals surface area contributed by atoms with Crippen molar-refractivity contribution in [3.05, 3.63) is 54.1 Å². The van der Waals surface area contributed by atoms with E-state index in [9.17, 15) is 9.18 Å². The van der Waals surface area contributed by atoms with Gasteiger partial charge >= 0.3 is 5.97 Å². The van der Waals surface area contributed by atoms with Crippen LogP contribution in [-0.4, -0.2) is 23.9 Å².